The van der Waals surface area contributed by atoms with Gasteiger partial charge in [0.2, 0.25) is 10.0 Å². The highest BCUT2D eigenvalue weighted by Crippen LogP contribution is 2.15. The highest BCUT2D eigenvalue weighted by molar-refractivity contribution is 7.89. The van der Waals surface area contributed by atoms with Crippen LogP contribution in [0.25, 0.3) is 0 Å². The second-order valence-corrected chi connectivity index (χ2v) is 9.42. The van der Waals surface area contributed by atoms with Crippen molar-refractivity contribution >= 4 is 21.9 Å². The van der Waals surface area contributed by atoms with Crippen LogP contribution in [0, 0.1) is 5.82 Å². The molecule has 9 heteroatoms. The fourth-order valence-electron chi connectivity index (χ4n) is 2.71. The summed E-state index contributed by atoms with van der Waals surface area (Å²) in [6.45, 7) is 3.54. The number of carbonyl (C=O) groups is 2. The fraction of sp³-hybridized carbons (Fsp3) is 0.364. The van der Waals surface area contributed by atoms with E-state index in [1.54, 1.807) is 0 Å². The predicted molar refractivity (Wildman–Crippen MR) is 114 cm³/mol. The van der Waals surface area contributed by atoms with Gasteiger partial charge in [-0.15, -0.1) is 0 Å². The average Bonchev–Trinajstić information content (AvgIpc) is 2.73. The zero-order valence-corrected chi connectivity index (χ0v) is 18.6. The number of nitrogens with one attached hydrogen (secondary N) is 1. The van der Waals surface area contributed by atoms with Crippen LogP contribution in [0.5, 0.6) is 0 Å². The summed E-state index contributed by atoms with van der Waals surface area (Å²) in [5, 5.41) is 2.66. The van der Waals surface area contributed by atoms with Gasteiger partial charge in [-0.2, -0.15) is 4.31 Å². The van der Waals surface area contributed by atoms with Crippen LogP contribution in [0.3, 0.4) is 0 Å². The monoisotopic (exact) mass is 450 g/mol. The van der Waals surface area contributed by atoms with Gasteiger partial charge in [-0.05, 0) is 47.7 Å². The van der Waals surface area contributed by atoms with Crippen molar-refractivity contribution in [3.05, 3.63) is 65.5 Å². The number of sulfonamides is 1. The molecule has 0 radical (unpaired) electrons. The van der Waals surface area contributed by atoms with Crippen LogP contribution in [0.15, 0.2) is 53.4 Å². The summed E-state index contributed by atoms with van der Waals surface area (Å²) in [7, 11) is -2.78. The first-order valence-electron chi connectivity index (χ1n) is 9.82. The van der Waals surface area contributed by atoms with Crippen molar-refractivity contribution in [2.75, 3.05) is 26.7 Å². The normalized spacial score (nSPS) is 11.5. The van der Waals surface area contributed by atoms with Crippen molar-refractivity contribution in [2.45, 2.75) is 31.1 Å². The molecule has 2 aromatic rings. The lowest BCUT2D eigenvalue weighted by Crippen LogP contribution is -2.35. The van der Waals surface area contributed by atoms with Crippen LogP contribution >= 0.6 is 0 Å². The summed E-state index contributed by atoms with van der Waals surface area (Å²) in [6.07, 6.45) is 0.636. The van der Waals surface area contributed by atoms with Crippen molar-refractivity contribution in [1.29, 1.82) is 0 Å². The Bertz CT molecular complexity index is 990. The second kappa shape index (κ2) is 11.0. The van der Waals surface area contributed by atoms with Crippen LogP contribution in [0.2, 0.25) is 0 Å². The number of esters is 1. The lowest BCUT2D eigenvalue weighted by atomic mass is 10.0. The van der Waals surface area contributed by atoms with E-state index < -0.39 is 40.9 Å². The molecule has 0 fully saturated rings. The summed E-state index contributed by atoms with van der Waals surface area (Å²) in [5.41, 5.74) is 2.32. The minimum Gasteiger partial charge on any atom is -0.455 e. The maximum Gasteiger partial charge on any atom is 0.321 e. The quantitative estimate of drug-likeness (QED) is 0.562. The summed E-state index contributed by atoms with van der Waals surface area (Å²) in [6, 6.07) is 12.4. The number of amides is 1. The molecule has 0 saturated carbocycles. The van der Waals surface area contributed by atoms with Crippen LogP contribution in [-0.2, 0) is 30.8 Å². The third-order valence-electron chi connectivity index (χ3n) is 4.62. The first-order chi connectivity index (χ1) is 14.6. The standard InChI is InChI=1S/C22H27FN2O5S/c1-16(2)18-6-4-17(5-7-18)12-13-24-21(26)15-30-22(27)14-25(3)31(28,29)20-10-8-19(23)9-11-20/h4-11,16H,12-15H2,1-3H3,(H,24,26). The molecule has 0 aliphatic heterocycles. The predicted octanol–water partition coefficient (Wildman–Crippen LogP) is 2.47. The van der Waals surface area contributed by atoms with Crippen LogP contribution < -0.4 is 5.32 Å². The number of carbonyl (C=O) groups excluding carboxylic acids is 2. The molecule has 0 saturated heterocycles. The third kappa shape index (κ3) is 7.45. The molecule has 7 nitrogen and oxygen atoms in total. The summed E-state index contributed by atoms with van der Waals surface area (Å²) in [5.74, 6) is -1.46. The lowest BCUT2D eigenvalue weighted by Gasteiger charge is -2.16. The molecule has 0 aliphatic carbocycles. The molecule has 2 aromatic carbocycles. The molecular weight excluding hydrogens is 423 g/mol. The van der Waals surface area contributed by atoms with E-state index in [0.29, 0.717) is 18.9 Å². The van der Waals surface area contributed by atoms with Gasteiger partial charge >= 0.3 is 5.97 Å². The average molecular weight is 451 g/mol. The second-order valence-electron chi connectivity index (χ2n) is 7.37. The van der Waals surface area contributed by atoms with E-state index in [4.69, 9.17) is 4.74 Å². The Morgan fingerprint density at radius 1 is 1.06 bits per heavy atom. The van der Waals surface area contributed by atoms with Gasteiger partial charge in [0.15, 0.2) is 6.61 Å². The van der Waals surface area contributed by atoms with Gasteiger partial charge in [0, 0.05) is 13.6 Å². The smallest absolute Gasteiger partial charge is 0.321 e. The molecule has 1 amide bonds. The summed E-state index contributed by atoms with van der Waals surface area (Å²) >= 11 is 0. The van der Waals surface area contributed by atoms with Gasteiger partial charge < -0.3 is 10.1 Å². The molecule has 0 heterocycles. The molecule has 0 spiro atoms. The number of nitrogens with zero attached hydrogens (tertiary/aromatic N) is 1. The van der Waals surface area contributed by atoms with E-state index in [1.807, 2.05) is 12.1 Å². The van der Waals surface area contributed by atoms with Crippen molar-refractivity contribution in [2.24, 2.45) is 0 Å². The maximum absolute atomic E-state index is 13.0. The highest BCUT2D eigenvalue weighted by Gasteiger charge is 2.23. The van der Waals surface area contributed by atoms with Gasteiger partial charge in [0.05, 0.1) is 4.90 Å². The molecule has 0 aliphatic rings. The van der Waals surface area contributed by atoms with Gasteiger partial charge in [0.1, 0.15) is 12.4 Å². The van der Waals surface area contributed by atoms with E-state index in [1.165, 1.54) is 12.6 Å². The third-order valence-corrected chi connectivity index (χ3v) is 6.44. The number of hydrogen-bond donors (Lipinski definition) is 1. The van der Waals surface area contributed by atoms with Gasteiger partial charge in [0.25, 0.3) is 5.91 Å². The Hall–Kier alpha value is -2.78. The Balaban J connectivity index is 1.73. The number of benzene rings is 2. The van der Waals surface area contributed by atoms with Crippen LogP contribution in [0.4, 0.5) is 4.39 Å². The minimum atomic E-state index is -3.98. The number of hydrogen-bond acceptors (Lipinski definition) is 5. The topological polar surface area (TPSA) is 92.8 Å². The molecule has 0 bridgehead atoms. The lowest BCUT2D eigenvalue weighted by molar-refractivity contribution is -0.148. The highest BCUT2D eigenvalue weighted by atomic mass is 32.2. The Labute approximate surface area is 182 Å². The summed E-state index contributed by atoms with van der Waals surface area (Å²) in [4.78, 5) is 23.6. The molecule has 0 atom stereocenters. The van der Waals surface area contributed by atoms with E-state index >= 15 is 0 Å². The van der Waals surface area contributed by atoms with Crippen molar-refractivity contribution in [3.63, 3.8) is 0 Å². The van der Waals surface area contributed by atoms with Crippen LogP contribution in [-0.4, -0.2) is 51.3 Å². The van der Waals surface area contributed by atoms with Gasteiger partial charge in [-0.3, -0.25) is 9.59 Å². The number of likely N-dealkylation sites (N-methyl/N-ethyl adjacent to an activating group) is 1. The Morgan fingerprint density at radius 3 is 2.26 bits per heavy atom. The van der Waals surface area contributed by atoms with Crippen LogP contribution in [0.1, 0.15) is 30.9 Å². The number of ether oxygens (including phenoxy) is 1. The molecular formula is C22H27FN2O5S. The van der Waals surface area contributed by atoms with Crippen molar-refractivity contribution in [3.8, 4) is 0 Å². The van der Waals surface area contributed by atoms with Crippen molar-refractivity contribution < 1.29 is 27.1 Å². The molecule has 0 aromatic heterocycles. The SMILES string of the molecule is CC(C)c1ccc(CCNC(=O)COC(=O)CN(C)S(=O)(=O)c2ccc(F)cc2)cc1. The Morgan fingerprint density at radius 2 is 1.68 bits per heavy atom. The first-order valence-corrected chi connectivity index (χ1v) is 11.3. The van der Waals surface area contributed by atoms with Crippen molar-refractivity contribution in [1.82, 2.24) is 9.62 Å². The number of rotatable bonds is 10. The summed E-state index contributed by atoms with van der Waals surface area (Å²) < 4.78 is 43.3. The molecule has 0 unspecified atom stereocenters. The fourth-order valence-corrected chi connectivity index (χ4v) is 3.83. The van der Waals surface area contributed by atoms with Gasteiger partial charge in [-0.1, -0.05) is 38.1 Å². The molecule has 31 heavy (non-hydrogen) atoms. The van der Waals surface area contributed by atoms with E-state index in [9.17, 15) is 22.4 Å². The molecule has 2 rings (SSSR count). The zero-order chi connectivity index (χ0) is 23.0. The van der Waals surface area contributed by atoms with Gasteiger partial charge in [-0.25, -0.2) is 12.8 Å². The molecule has 168 valence electrons. The maximum atomic E-state index is 13.0. The van der Waals surface area contributed by atoms with E-state index in [2.05, 4.69) is 31.3 Å². The minimum absolute atomic E-state index is 0.150. The Kier molecular flexibility index (Phi) is 8.70. The molecule has 1 N–H and O–H groups in total. The number of halogens is 1. The first kappa shape index (κ1) is 24.5. The van der Waals surface area contributed by atoms with E-state index in [-0.39, 0.29) is 4.90 Å². The zero-order valence-electron chi connectivity index (χ0n) is 17.8. The van der Waals surface area contributed by atoms with E-state index in [0.717, 1.165) is 34.1 Å². The largest absolute Gasteiger partial charge is 0.455 e.